The fourth-order valence-electron chi connectivity index (χ4n) is 1.16. The Morgan fingerprint density at radius 3 is 2.61 bits per heavy atom. The number of anilines is 1. The van der Waals surface area contributed by atoms with E-state index in [-0.39, 0.29) is 17.2 Å². The number of aryl methyl sites for hydroxylation is 1. The van der Waals surface area contributed by atoms with E-state index in [1.165, 1.54) is 25.4 Å². The molecule has 0 unspecified atom stereocenters. The summed E-state index contributed by atoms with van der Waals surface area (Å²) in [6, 6.07) is 1.61. The van der Waals surface area contributed by atoms with Gasteiger partial charge in [-0.05, 0) is 19.9 Å². The van der Waals surface area contributed by atoms with Crippen molar-refractivity contribution < 1.29 is 17.9 Å². The van der Waals surface area contributed by atoms with Crippen molar-refractivity contribution in [2.75, 3.05) is 25.4 Å². The summed E-state index contributed by atoms with van der Waals surface area (Å²) < 4.78 is 31.7. The Morgan fingerprint density at radius 1 is 1.50 bits per heavy atom. The Morgan fingerprint density at radius 2 is 2.11 bits per heavy atom. The highest BCUT2D eigenvalue weighted by atomic mass is 32.2. The number of ether oxygens (including phenoxy) is 1. The van der Waals surface area contributed by atoms with E-state index in [9.17, 15) is 13.2 Å². The zero-order valence-electron chi connectivity index (χ0n) is 10.7. The van der Waals surface area contributed by atoms with Crippen LogP contribution in [0.25, 0.3) is 0 Å². The van der Waals surface area contributed by atoms with Gasteiger partial charge in [-0.1, -0.05) is 0 Å². The van der Waals surface area contributed by atoms with Crippen LogP contribution in [0.5, 0.6) is 0 Å². The van der Waals surface area contributed by atoms with Gasteiger partial charge in [0.1, 0.15) is 5.00 Å². The van der Waals surface area contributed by atoms with Crippen molar-refractivity contribution in [3.05, 3.63) is 16.5 Å². The number of rotatable bonds is 5. The van der Waals surface area contributed by atoms with E-state index in [4.69, 9.17) is 4.74 Å². The molecule has 0 saturated carbocycles. The van der Waals surface area contributed by atoms with Gasteiger partial charge in [0.25, 0.3) is 0 Å². The molecule has 0 saturated heterocycles. The first-order chi connectivity index (χ1) is 8.27. The fraction of sp³-hybridized carbons (Fsp3) is 0.500. The van der Waals surface area contributed by atoms with Crippen LogP contribution in [0.3, 0.4) is 0 Å². The minimum absolute atomic E-state index is 0.241. The molecule has 0 aliphatic rings. The van der Waals surface area contributed by atoms with Crippen LogP contribution >= 0.6 is 11.3 Å². The lowest BCUT2D eigenvalue weighted by atomic mass is 10.3. The molecule has 18 heavy (non-hydrogen) atoms. The Bertz CT molecular complexity index is 534. The minimum Gasteiger partial charge on any atom is -0.462 e. The number of esters is 1. The molecule has 8 heteroatoms. The van der Waals surface area contributed by atoms with Crippen LogP contribution in [0.2, 0.25) is 0 Å². The van der Waals surface area contributed by atoms with E-state index < -0.39 is 16.2 Å². The molecule has 1 heterocycles. The van der Waals surface area contributed by atoms with Gasteiger partial charge in [-0.25, -0.2) is 4.79 Å². The van der Waals surface area contributed by atoms with Gasteiger partial charge in [-0.15, -0.1) is 11.3 Å². The van der Waals surface area contributed by atoms with Crippen LogP contribution in [0.1, 0.15) is 22.2 Å². The lowest BCUT2D eigenvalue weighted by Crippen LogP contribution is -2.29. The molecule has 0 spiro atoms. The van der Waals surface area contributed by atoms with Gasteiger partial charge >= 0.3 is 16.2 Å². The molecule has 0 aliphatic carbocycles. The summed E-state index contributed by atoms with van der Waals surface area (Å²) in [5.74, 6) is -0.529. The van der Waals surface area contributed by atoms with Gasteiger partial charge in [0, 0.05) is 19.0 Å². The van der Waals surface area contributed by atoms with Crippen molar-refractivity contribution >= 4 is 32.5 Å². The number of thiophene rings is 1. The summed E-state index contributed by atoms with van der Waals surface area (Å²) in [5, 5.41) is 0.277. The van der Waals surface area contributed by atoms with Crippen LogP contribution in [0, 0.1) is 6.92 Å². The number of nitrogens with one attached hydrogen (secondary N) is 1. The van der Waals surface area contributed by atoms with Gasteiger partial charge in [0.15, 0.2) is 0 Å². The first kappa shape index (κ1) is 14.9. The fourth-order valence-corrected chi connectivity index (χ4v) is 2.92. The number of hydrogen-bond donors (Lipinski definition) is 1. The van der Waals surface area contributed by atoms with Crippen molar-refractivity contribution in [2.45, 2.75) is 13.8 Å². The Balaban J connectivity index is 3.07. The molecule has 1 N–H and O–H groups in total. The molecule has 1 rings (SSSR count). The average Bonchev–Trinajstić information content (AvgIpc) is 2.58. The molecule has 0 amide bonds. The van der Waals surface area contributed by atoms with Gasteiger partial charge in [-0.3, -0.25) is 4.72 Å². The van der Waals surface area contributed by atoms with Crippen LogP contribution in [0.4, 0.5) is 5.00 Å². The molecule has 1 aromatic rings. The maximum Gasteiger partial charge on any atom is 0.341 e. The lowest BCUT2D eigenvalue weighted by molar-refractivity contribution is 0.0528. The lowest BCUT2D eigenvalue weighted by Gasteiger charge is -2.13. The second-order valence-electron chi connectivity index (χ2n) is 3.71. The summed E-state index contributed by atoms with van der Waals surface area (Å²) in [6.45, 7) is 3.73. The van der Waals surface area contributed by atoms with E-state index in [0.29, 0.717) is 0 Å². The van der Waals surface area contributed by atoms with E-state index in [1.54, 1.807) is 19.9 Å². The smallest absolute Gasteiger partial charge is 0.341 e. The number of carbonyl (C=O) groups is 1. The summed E-state index contributed by atoms with van der Waals surface area (Å²) in [4.78, 5) is 12.5. The van der Waals surface area contributed by atoms with Crippen LogP contribution in [0.15, 0.2) is 6.07 Å². The minimum atomic E-state index is -3.62. The van der Waals surface area contributed by atoms with Crippen molar-refractivity contribution in [3.63, 3.8) is 0 Å². The first-order valence-electron chi connectivity index (χ1n) is 5.25. The third kappa shape index (κ3) is 3.44. The highest BCUT2D eigenvalue weighted by Gasteiger charge is 2.21. The van der Waals surface area contributed by atoms with E-state index in [1.807, 2.05) is 0 Å². The average molecular weight is 292 g/mol. The Kier molecular flexibility index (Phi) is 4.71. The third-order valence-electron chi connectivity index (χ3n) is 2.05. The quantitative estimate of drug-likeness (QED) is 0.833. The van der Waals surface area contributed by atoms with Gasteiger partial charge in [-0.2, -0.15) is 12.7 Å². The number of hydrogen-bond acceptors (Lipinski definition) is 5. The topological polar surface area (TPSA) is 75.7 Å². The molecule has 0 radical (unpaired) electrons. The highest BCUT2D eigenvalue weighted by molar-refractivity contribution is 7.90. The van der Waals surface area contributed by atoms with Crippen LogP contribution in [-0.2, 0) is 14.9 Å². The van der Waals surface area contributed by atoms with Crippen LogP contribution < -0.4 is 4.72 Å². The molecule has 1 aromatic heterocycles. The van der Waals surface area contributed by atoms with Crippen LogP contribution in [-0.4, -0.2) is 39.4 Å². The largest absolute Gasteiger partial charge is 0.462 e. The maximum absolute atomic E-state index is 11.7. The normalized spacial score (nSPS) is 11.6. The second-order valence-corrected chi connectivity index (χ2v) is 6.85. The van der Waals surface area contributed by atoms with Gasteiger partial charge in [0.2, 0.25) is 0 Å². The number of carbonyl (C=O) groups excluding carboxylic acids is 1. The summed E-state index contributed by atoms with van der Waals surface area (Å²) in [5.41, 5.74) is 0.241. The van der Waals surface area contributed by atoms with E-state index in [2.05, 4.69) is 4.72 Å². The third-order valence-corrected chi connectivity index (χ3v) is 4.57. The SMILES string of the molecule is CCOC(=O)c1cc(C)sc1NS(=O)(=O)N(C)C. The molecular formula is C10H16N2O4S2. The zero-order chi connectivity index (χ0) is 13.9. The molecular weight excluding hydrogens is 276 g/mol. The van der Waals surface area contributed by atoms with Gasteiger partial charge in [0.05, 0.1) is 12.2 Å². The van der Waals surface area contributed by atoms with Crippen molar-refractivity contribution in [1.82, 2.24) is 4.31 Å². The molecule has 0 aromatic carbocycles. The van der Waals surface area contributed by atoms with Crippen molar-refractivity contribution in [1.29, 1.82) is 0 Å². The standard InChI is InChI=1S/C10H16N2O4S2/c1-5-16-10(13)8-6-7(2)17-9(8)11-18(14,15)12(3)4/h6,11H,5H2,1-4H3. The molecule has 0 aliphatic heterocycles. The highest BCUT2D eigenvalue weighted by Crippen LogP contribution is 2.29. The molecule has 102 valence electrons. The van der Waals surface area contributed by atoms with E-state index >= 15 is 0 Å². The predicted octanol–water partition coefficient (Wildman–Crippen LogP) is 1.45. The monoisotopic (exact) mass is 292 g/mol. The molecule has 6 nitrogen and oxygen atoms in total. The maximum atomic E-state index is 11.7. The predicted molar refractivity (Wildman–Crippen MR) is 71.2 cm³/mol. The van der Waals surface area contributed by atoms with Crippen molar-refractivity contribution in [2.24, 2.45) is 0 Å². The molecule has 0 bridgehead atoms. The summed E-state index contributed by atoms with van der Waals surface area (Å²) >= 11 is 1.20. The number of nitrogens with zero attached hydrogens (tertiary/aromatic N) is 1. The zero-order valence-corrected chi connectivity index (χ0v) is 12.3. The second kappa shape index (κ2) is 5.68. The summed E-state index contributed by atoms with van der Waals surface area (Å²) in [6.07, 6.45) is 0. The Labute approximate surface area is 111 Å². The van der Waals surface area contributed by atoms with E-state index in [0.717, 1.165) is 9.18 Å². The first-order valence-corrected chi connectivity index (χ1v) is 7.51. The summed E-state index contributed by atoms with van der Waals surface area (Å²) in [7, 11) is -0.804. The molecule has 0 atom stereocenters. The van der Waals surface area contributed by atoms with Gasteiger partial charge < -0.3 is 4.74 Å². The van der Waals surface area contributed by atoms with Crippen molar-refractivity contribution in [3.8, 4) is 0 Å². The molecule has 0 fully saturated rings. The Hall–Kier alpha value is -1.12.